The monoisotopic (exact) mass is 610 g/mol. The van der Waals surface area contributed by atoms with Gasteiger partial charge in [0.1, 0.15) is 12.4 Å². The average molecular weight is 611 g/mol. The molecule has 2 saturated heterocycles. The molecule has 2 aliphatic heterocycles. The summed E-state index contributed by atoms with van der Waals surface area (Å²) in [5.74, 6) is 0.942. The van der Waals surface area contributed by atoms with E-state index in [0.29, 0.717) is 19.2 Å². The largest absolute Gasteiger partial charge is 0.489 e. The van der Waals surface area contributed by atoms with Crippen LogP contribution < -0.4 is 15.0 Å². The van der Waals surface area contributed by atoms with Crippen LogP contribution in [0.25, 0.3) is 0 Å². The number of carbonyl (C=O) groups excluding carboxylic acids is 2. The first-order valence-corrected chi connectivity index (χ1v) is 16.9. The van der Waals surface area contributed by atoms with Gasteiger partial charge in [0.15, 0.2) is 0 Å². The second-order valence-corrected chi connectivity index (χ2v) is 12.9. The lowest BCUT2D eigenvalue weighted by Crippen LogP contribution is -2.51. The number of nitrogens with one attached hydrogen (secondary N) is 1. The molecule has 0 saturated carbocycles. The van der Waals surface area contributed by atoms with Crippen LogP contribution in [0.2, 0.25) is 0 Å². The third-order valence-electron chi connectivity index (χ3n) is 9.32. The van der Waals surface area contributed by atoms with Crippen molar-refractivity contribution in [2.45, 2.75) is 71.6 Å². The van der Waals surface area contributed by atoms with E-state index >= 15 is 0 Å². The summed E-state index contributed by atoms with van der Waals surface area (Å²) >= 11 is 0. The van der Waals surface area contributed by atoms with Gasteiger partial charge in [0.25, 0.3) is 0 Å². The summed E-state index contributed by atoms with van der Waals surface area (Å²) in [7, 11) is 0. The number of piperidine rings is 1. The number of rotatable bonds is 11. The van der Waals surface area contributed by atoms with Gasteiger partial charge in [-0.05, 0) is 67.0 Å². The van der Waals surface area contributed by atoms with E-state index in [0.717, 1.165) is 75.4 Å². The second kappa shape index (κ2) is 16.4. The van der Waals surface area contributed by atoms with E-state index in [1.54, 1.807) is 0 Å². The van der Waals surface area contributed by atoms with Gasteiger partial charge >= 0.3 is 6.03 Å². The van der Waals surface area contributed by atoms with E-state index in [9.17, 15) is 9.59 Å². The van der Waals surface area contributed by atoms with Crippen molar-refractivity contribution in [2.75, 3.05) is 37.6 Å². The van der Waals surface area contributed by atoms with Crippen LogP contribution in [0.5, 0.6) is 5.75 Å². The number of hydrogen-bond donors (Lipinski definition) is 1. The van der Waals surface area contributed by atoms with Gasteiger partial charge in [-0.25, -0.2) is 4.79 Å². The predicted octanol–water partition coefficient (Wildman–Crippen LogP) is 7.12. The maximum Gasteiger partial charge on any atom is 0.317 e. The number of nitrogens with zero attached hydrogens (tertiary/aromatic N) is 3. The van der Waals surface area contributed by atoms with Crippen LogP contribution in [-0.2, 0) is 17.9 Å². The molecule has 2 heterocycles. The molecule has 7 nitrogen and oxygen atoms in total. The van der Waals surface area contributed by atoms with Crippen molar-refractivity contribution in [3.63, 3.8) is 0 Å². The summed E-state index contributed by atoms with van der Waals surface area (Å²) in [5.41, 5.74) is 3.57. The SMILES string of the molecule is CC(C)[C@@H](CNC(=O)N1CCCCCC1)C(=O)N1CCC(N(Cc2ccccc2)c2ccc(OCc3ccccc3)cc2)CC1. The Morgan fingerprint density at radius 1 is 0.778 bits per heavy atom. The minimum atomic E-state index is -0.221. The Morgan fingerprint density at radius 3 is 1.98 bits per heavy atom. The van der Waals surface area contributed by atoms with E-state index in [1.807, 2.05) is 28.0 Å². The van der Waals surface area contributed by atoms with E-state index in [1.165, 1.54) is 18.4 Å². The van der Waals surface area contributed by atoms with Crippen molar-refractivity contribution in [3.8, 4) is 5.75 Å². The minimum Gasteiger partial charge on any atom is -0.489 e. The molecular weight excluding hydrogens is 560 g/mol. The first kappa shape index (κ1) is 32.4. The van der Waals surface area contributed by atoms with Crippen LogP contribution in [0.15, 0.2) is 84.9 Å². The molecule has 45 heavy (non-hydrogen) atoms. The molecule has 5 rings (SSSR count). The Morgan fingerprint density at radius 2 is 1.38 bits per heavy atom. The van der Waals surface area contributed by atoms with E-state index in [-0.39, 0.29) is 23.8 Å². The summed E-state index contributed by atoms with van der Waals surface area (Å²) in [6.45, 7) is 8.97. The number of ether oxygens (including phenoxy) is 1. The molecule has 1 N–H and O–H groups in total. The third-order valence-corrected chi connectivity index (χ3v) is 9.32. The standard InChI is InChI=1S/C38H50N4O3/c1-30(2)36(27-39-38(44)41-23-11-3-4-12-24-41)37(43)40-25-21-34(22-26-40)42(28-31-13-7-5-8-14-31)33-17-19-35(20-18-33)45-29-32-15-9-6-10-16-32/h5-10,13-20,30,34,36H,3-4,11-12,21-29H2,1-2H3,(H,39,44)/t36-/m1/s1. The number of anilines is 1. The Labute approximate surface area is 269 Å². The number of carbonyl (C=O) groups is 2. The maximum absolute atomic E-state index is 13.8. The van der Waals surface area contributed by atoms with Crippen molar-refractivity contribution in [1.29, 1.82) is 0 Å². The predicted molar refractivity (Wildman–Crippen MR) is 181 cm³/mol. The number of benzene rings is 3. The van der Waals surface area contributed by atoms with Gasteiger partial charge in [-0.15, -0.1) is 0 Å². The molecule has 0 spiro atoms. The zero-order valence-electron chi connectivity index (χ0n) is 27.1. The molecule has 240 valence electrons. The fraction of sp³-hybridized carbons (Fsp3) is 0.474. The van der Waals surface area contributed by atoms with Gasteiger partial charge in [0, 0.05) is 51.0 Å². The molecule has 3 amide bonds. The highest BCUT2D eigenvalue weighted by Crippen LogP contribution is 2.29. The van der Waals surface area contributed by atoms with Crippen LogP contribution in [0.3, 0.4) is 0 Å². The summed E-state index contributed by atoms with van der Waals surface area (Å²) in [6, 6.07) is 29.5. The molecule has 2 aliphatic rings. The maximum atomic E-state index is 13.8. The number of amides is 3. The van der Waals surface area contributed by atoms with Crippen LogP contribution >= 0.6 is 0 Å². The van der Waals surface area contributed by atoms with Crippen LogP contribution in [0, 0.1) is 11.8 Å². The first-order chi connectivity index (χ1) is 22.0. The first-order valence-electron chi connectivity index (χ1n) is 16.9. The quantitative estimate of drug-likeness (QED) is 0.251. The highest BCUT2D eigenvalue weighted by Gasteiger charge is 2.32. The Hall–Kier alpha value is -4.00. The smallest absolute Gasteiger partial charge is 0.317 e. The summed E-state index contributed by atoms with van der Waals surface area (Å²) in [4.78, 5) is 33.1. The second-order valence-electron chi connectivity index (χ2n) is 12.9. The number of likely N-dealkylation sites (tertiary alicyclic amines) is 2. The van der Waals surface area contributed by atoms with Gasteiger partial charge < -0.3 is 24.8 Å². The zero-order chi connectivity index (χ0) is 31.4. The molecule has 0 unspecified atom stereocenters. The molecule has 3 aromatic carbocycles. The van der Waals surface area contributed by atoms with Gasteiger partial charge in [0.05, 0.1) is 5.92 Å². The number of urea groups is 1. The Bertz CT molecular complexity index is 1320. The summed E-state index contributed by atoms with van der Waals surface area (Å²) < 4.78 is 6.06. The minimum absolute atomic E-state index is 0.0258. The van der Waals surface area contributed by atoms with Crippen molar-refractivity contribution >= 4 is 17.6 Å². The highest BCUT2D eigenvalue weighted by molar-refractivity contribution is 5.81. The van der Waals surface area contributed by atoms with E-state index < -0.39 is 0 Å². The van der Waals surface area contributed by atoms with E-state index in [2.05, 4.69) is 90.8 Å². The lowest BCUT2D eigenvalue weighted by molar-refractivity contribution is -0.137. The lowest BCUT2D eigenvalue weighted by atomic mass is 9.92. The Kier molecular flexibility index (Phi) is 11.8. The molecule has 0 aliphatic carbocycles. The van der Waals surface area contributed by atoms with Crippen LogP contribution in [-0.4, -0.2) is 60.5 Å². The fourth-order valence-corrected chi connectivity index (χ4v) is 6.51. The highest BCUT2D eigenvalue weighted by atomic mass is 16.5. The molecule has 7 heteroatoms. The zero-order valence-corrected chi connectivity index (χ0v) is 27.1. The Balaban J connectivity index is 1.20. The van der Waals surface area contributed by atoms with Crippen molar-refractivity contribution < 1.29 is 14.3 Å². The van der Waals surface area contributed by atoms with Gasteiger partial charge in [-0.3, -0.25) is 4.79 Å². The van der Waals surface area contributed by atoms with Gasteiger partial charge in [-0.1, -0.05) is 87.4 Å². The van der Waals surface area contributed by atoms with Gasteiger partial charge in [-0.2, -0.15) is 0 Å². The van der Waals surface area contributed by atoms with Crippen LogP contribution in [0.1, 0.15) is 63.5 Å². The third kappa shape index (κ3) is 9.25. The molecular formula is C38H50N4O3. The lowest BCUT2D eigenvalue weighted by Gasteiger charge is -2.41. The molecule has 1 atom stereocenters. The summed E-state index contributed by atoms with van der Waals surface area (Å²) in [6.07, 6.45) is 6.28. The van der Waals surface area contributed by atoms with Crippen molar-refractivity contribution in [3.05, 3.63) is 96.1 Å². The van der Waals surface area contributed by atoms with Crippen LogP contribution in [0.4, 0.5) is 10.5 Å². The van der Waals surface area contributed by atoms with Crippen molar-refractivity contribution in [1.82, 2.24) is 15.1 Å². The molecule has 0 radical (unpaired) electrons. The summed E-state index contributed by atoms with van der Waals surface area (Å²) in [5, 5.41) is 3.10. The van der Waals surface area contributed by atoms with E-state index in [4.69, 9.17) is 4.74 Å². The van der Waals surface area contributed by atoms with Crippen molar-refractivity contribution in [2.24, 2.45) is 11.8 Å². The fourth-order valence-electron chi connectivity index (χ4n) is 6.51. The molecule has 0 bridgehead atoms. The van der Waals surface area contributed by atoms with Gasteiger partial charge in [0.2, 0.25) is 5.91 Å². The topological polar surface area (TPSA) is 65.1 Å². The normalized spacial score (nSPS) is 16.6. The number of hydrogen-bond acceptors (Lipinski definition) is 4. The molecule has 2 fully saturated rings. The molecule has 3 aromatic rings. The average Bonchev–Trinajstić information content (AvgIpc) is 3.37. The molecule has 0 aromatic heterocycles.